The maximum absolute atomic E-state index is 10.1. The van der Waals surface area contributed by atoms with E-state index in [0.29, 0.717) is 0 Å². The first-order chi connectivity index (χ1) is 4.52. The molecule has 0 bridgehead atoms. The first-order valence-electron chi connectivity index (χ1n) is 1.73. The maximum Gasteiger partial charge on any atom is 0.419 e. The number of amides is 1. The van der Waals surface area contributed by atoms with Crippen molar-refractivity contribution in [3.8, 4) is 0 Å². The lowest BCUT2D eigenvalue weighted by atomic mass is 11.3. The van der Waals surface area contributed by atoms with E-state index in [4.69, 9.17) is 0 Å². The Labute approximate surface area is 59.7 Å². The Morgan fingerprint density at radius 3 is 2.20 bits per heavy atom. The smallest absolute Gasteiger partial charge is 0.334 e. The molecule has 0 aromatic carbocycles. The number of hydrogen-bond acceptors (Lipinski definition) is 5. The molecule has 58 valence electrons. The van der Waals surface area contributed by atoms with Crippen molar-refractivity contribution in [1.29, 1.82) is 0 Å². The number of carbonyl (C=O) groups is 1. The Morgan fingerprint density at radius 2 is 1.90 bits per heavy atom. The fourth-order valence-corrected chi connectivity index (χ4v) is 0.795. The molecule has 1 amide bonds. The second-order valence-corrected chi connectivity index (χ2v) is 2.54. The molecule has 0 aliphatic carbocycles. The maximum atomic E-state index is 10.1. The van der Waals surface area contributed by atoms with Crippen LogP contribution in [-0.2, 0) is 26.0 Å². The van der Waals surface area contributed by atoms with Crippen molar-refractivity contribution < 1.29 is 21.6 Å². The standard InChI is InChI=1S/CH2N2O5S2/c2-1(4)8-10(7)3-9(5)6/h(H2,2,4). The lowest BCUT2D eigenvalue weighted by Gasteiger charge is -1.87. The minimum absolute atomic E-state index is 1.35. The Hall–Kier alpha value is -0.960. The first kappa shape index (κ1) is 9.04. The van der Waals surface area contributed by atoms with Crippen molar-refractivity contribution in [2.24, 2.45) is 9.50 Å². The molecule has 1 unspecified atom stereocenters. The molecule has 0 radical (unpaired) electrons. The van der Waals surface area contributed by atoms with E-state index in [1.54, 1.807) is 0 Å². The quantitative estimate of drug-likeness (QED) is 0.576. The molecule has 9 heteroatoms. The molecule has 7 nitrogen and oxygen atoms in total. The van der Waals surface area contributed by atoms with Crippen molar-refractivity contribution in [2.75, 3.05) is 0 Å². The summed E-state index contributed by atoms with van der Waals surface area (Å²) in [5.41, 5.74) is 4.35. The molecule has 0 fully saturated rings. The number of nitrogens with zero attached hydrogens (tertiary/aromatic N) is 1. The topological polar surface area (TPSA) is 116 Å². The highest BCUT2D eigenvalue weighted by atomic mass is 32.2. The third-order valence-electron chi connectivity index (χ3n) is 0.275. The van der Waals surface area contributed by atoms with Gasteiger partial charge in [-0.25, -0.2) is 4.79 Å². The summed E-state index contributed by atoms with van der Waals surface area (Å²) in [6.07, 6.45) is -1.35. The predicted octanol–water partition coefficient (Wildman–Crippen LogP) is -1.28. The molecular formula is CH2N2O5S2. The van der Waals surface area contributed by atoms with Crippen LogP contribution in [0.2, 0.25) is 0 Å². The average Bonchev–Trinajstić information content (AvgIpc) is 1.58. The van der Waals surface area contributed by atoms with Gasteiger partial charge in [0.1, 0.15) is 0 Å². The second-order valence-electron chi connectivity index (χ2n) is 0.911. The van der Waals surface area contributed by atoms with Gasteiger partial charge in [0.25, 0.3) is 0 Å². The van der Waals surface area contributed by atoms with Gasteiger partial charge in [-0.05, 0) is 3.77 Å². The normalized spacial score (nSPS) is 11.6. The van der Waals surface area contributed by atoms with Crippen molar-refractivity contribution in [2.45, 2.75) is 0 Å². The third kappa shape index (κ3) is 5.18. The van der Waals surface area contributed by atoms with E-state index in [-0.39, 0.29) is 0 Å². The number of rotatable bonds is 2. The predicted molar refractivity (Wildman–Crippen MR) is 30.2 cm³/mol. The average molecular weight is 186 g/mol. The van der Waals surface area contributed by atoms with Crippen LogP contribution < -0.4 is 5.73 Å². The van der Waals surface area contributed by atoms with E-state index >= 15 is 0 Å². The molecule has 0 aromatic heterocycles. The van der Waals surface area contributed by atoms with Gasteiger partial charge in [-0.2, -0.15) is 12.6 Å². The van der Waals surface area contributed by atoms with Crippen LogP contribution in [0.1, 0.15) is 0 Å². The minimum atomic E-state index is -2.87. The zero-order valence-electron chi connectivity index (χ0n) is 4.38. The minimum Gasteiger partial charge on any atom is -0.334 e. The van der Waals surface area contributed by atoms with Gasteiger partial charge in [0, 0.05) is 0 Å². The van der Waals surface area contributed by atoms with Gasteiger partial charge in [0.15, 0.2) is 0 Å². The SMILES string of the molecule is NC(=O)OS(=O)N=S(=O)=O. The number of primary amides is 1. The Bertz CT molecular complexity index is 268. The van der Waals surface area contributed by atoms with E-state index in [0.717, 1.165) is 0 Å². The van der Waals surface area contributed by atoms with E-state index in [2.05, 4.69) is 13.7 Å². The lowest BCUT2D eigenvalue weighted by Crippen LogP contribution is -2.13. The molecule has 0 saturated heterocycles. The molecule has 2 N–H and O–H groups in total. The van der Waals surface area contributed by atoms with E-state index < -0.39 is 27.9 Å². The van der Waals surface area contributed by atoms with Crippen molar-refractivity contribution in [1.82, 2.24) is 0 Å². The molecule has 0 heterocycles. The summed E-state index contributed by atoms with van der Waals surface area (Å²) in [5.74, 6) is 0. The van der Waals surface area contributed by atoms with Gasteiger partial charge in [-0.15, -0.1) is 0 Å². The van der Waals surface area contributed by atoms with Crippen LogP contribution >= 0.6 is 0 Å². The fourth-order valence-electron chi connectivity index (χ4n) is 0.135. The van der Waals surface area contributed by atoms with Crippen LogP contribution in [0.3, 0.4) is 0 Å². The Balaban J connectivity index is 4.14. The summed E-state index contributed by atoms with van der Waals surface area (Å²) in [4.78, 5) is 9.74. The zero-order chi connectivity index (χ0) is 8.15. The van der Waals surface area contributed by atoms with E-state index in [9.17, 15) is 17.4 Å². The summed E-state index contributed by atoms with van der Waals surface area (Å²) < 4.78 is 35.3. The van der Waals surface area contributed by atoms with Gasteiger partial charge in [-0.3, -0.25) is 0 Å². The van der Waals surface area contributed by atoms with Crippen molar-refractivity contribution >= 4 is 27.9 Å². The van der Waals surface area contributed by atoms with Gasteiger partial charge in [0.2, 0.25) is 0 Å². The number of hydrogen-bond donors (Lipinski definition) is 1. The van der Waals surface area contributed by atoms with Gasteiger partial charge in [0.05, 0.1) is 0 Å². The van der Waals surface area contributed by atoms with Crippen LogP contribution in [0.5, 0.6) is 0 Å². The monoisotopic (exact) mass is 186 g/mol. The molecule has 0 aliphatic heterocycles. The molecule has 1 atom stereocenters. The van der Waals surface area contributed by atoms with Crippen LogP contribution in [-0.4, -0.2) is 18.7 Å². The number of carbonyl (C=O) groups excluding carboxylic acids is 1. The van der Waals surface area contributed by atoms with Gasteiger partial charge < -0.3 is 9.92 Å². The van der Waals surface area contributed by atoms with Crippen LogP contribution in [0, 0.1) is 0 Å². The Kier molecular flexibility index (Phi) is 3.57. The first-order valence-corrected chi connectivity index (χ1v) is 3.79. The summed E-state index contributed by atoms with van der Waals surface area (Å²) in [6, 6.07) is 0. The van der Waals surface area contributed by atoms with E-state index in [1.807, 2.05) is 0 Å². The van der Waals surface area contributed by atoms with Crippen LogP contribution in [0.4, 0.5) is 4.79 Å². The molecule has 0 spiro atoms. The van der Waals surface area contributed by atoms with Crippen LogP contribution in [0.15, 0.2) is 3.77 Å². The summed E-state index contributed by atoms with van der Waals surface area (Å²) >= 11 is -2.54. The van der Waals surface area contributed by atoms with Gasteiger partial charge in [-0.1, -0.05) is 0 Å². The highest BCUT2D eigenvalue weighted by Crippen LogP contribution is 1.84. The Morgan fingerprint density at radius 1 is 1.40 bits per heavy atom. The summed E-state index contributed by atoms with van der Waals surface area (Å²) in [5, 5.41) is 0. The summed E-state index contributed by atoms with van der Waals surface area (Å²) in [7, 11) is -2.87. The van der Waals surface area contributed by atoms with Crippen molar-refractivity contribution in [3.05, 3.63) is 0 Å². The highest BCUT2D eigenvalue weighted by Gasteiger charge is 2.01. The highest BCUT2D eigenvalue weighted by molar-refractivity contribution is 7.85. The lowest BCUT2D eigenvalue weighted by molar-refractivity contribution is 0.216. The van der Waals surface area contributed by atoms with Crippen LogP contribution in [0.25, 0.3) is 0 Å². The largest absolute Gasteiger partial charge is 0.419 e. The fraction of sp³-hybridized carbons (Fsp3) is 0. The molecule has 10 heavy (non-hydrogen) atoms. The van der Waals surface area contributed by atoms with Gasteiger partial charge >= 0.3 is 27.9 Å². The zero-order valence-corrected chi connectivity index (χ0v) is 6.02. The molecule has 0 aromatic rings. The number of nitrogens with two attached hydrogens (primary N) is 1. The molecule has 0 aliphatic rings. The van der Waals surface area contributed by atoms with E-state index in [1.165, 1.54) is 0 Å². The molecule has 0 rings (SSSR count). The molecule has 0 saturated carbocycles. The third-order valence-corrected chi connectivity index (χ3v) is 1.56. The molecular weight excluding hydrogens is 184 g/mol. The van der Waals surface area contributed by atoms with Crippen molar-refractivity contribution in [3.63, 3.8) is 0 Å². The summed E-state index contributed by atoms with van der Waals surface area (Å²) in [6.45, 7) is 0. The second kappa shape index (κ2) is 3.95.